The standard InChI is InChI=1S/C16H20IN3O/c1-16(2,3)11-7-5-10(6-8-11)15-19-12(9-21-4)13(17)14(18)20-15/h5-8H,9H2,1-4H3,(H2,18,19,20). The van der Waals surface area contributed by atoms with E-state index in [-0.39, 0.29) is 5.41 Å². The third kappa shape index (κ3) is 3.71. The molecule has 5 heteroatoms. The summed E-state index contributed by atoms with van der Waals surface area (Å²) < 4.78 is 6.02. The van der Waals surface area contributed by atoms with E-state index >= 15 is 0 Å². The first-order chi connectivity index (χ1) is 9.82. The first-order valence-corrected chi connectivity index (χ1v) is 7.82. The summed E-state index contributed by atoms with van der Waals surface area (Å²) in [6.07, 6.45) is 0. The van der Waals surface area contributed by atoms with E-state index in [1.807, 2.05) is 12.1 Å². The Morgan fingerprint density at radius 3 is 2.29 bits per heavy atom. The van der Waals surface area contributed by atoms with E-state index in [4.69, 9.17) is 10.5 Å². The summed E-state index contributed by atoms with van der Waals surface area (Å²) in [5.41, 5.74) is 9.17. The minimum Gasteiger partial charge on any atom is -0.383 e. The maximum atomic E-state index is 5.97. The molecule has 0 radical (unpaired) electrons. The number of nitrogens with zero attached hydrogens (tertiary/aromatic N) is 2. The van der Waals surface area contributed by atoms with Crippen molar-refractivity contribution in [3.8, 4) is 11.4 Å². The van der Waals surface area contributed by atoms with Gasteiger partial charge < -0.3 is 10.5 Å². The van der Waals surface area contributed by atoms with Crippen LogP contribution in [0.15, 0.2) is 24.3 Å². The third-order valence-corrected chi connectivity index (χ3v) is 4.41. The minimum absolute atomic E-state index is 0.131. The van der Waals surface area contributed by atoms with Gasteiger partial charge in [0.05, 0.1) is 15.9 Å². The van der Waals surface area contributed by atoms with Crippen molar-refractivity contribution in [3.63, 3.8) is 0 Å². The molecule has 112 valence electrons. The second-order valence-corrected chi connectivity index (χ2v) is 7.03. The largest absolute Gasteiger partial charge is 0.383 e. The number of nitrogens with two attached hydrogens (primary N) is 1. The Morgan fingerprint density at radius 2 is 1.76 bits per heavy atom. The van der Waals surface area contributed by atoms with Crippen molar-refractivity contribution >= 4 is 28.4 Å². The Hall–Kier alpha value is -1.21. The van der Waals surface area contributed by atoms with Crippen LogP contribution in [0.1, 0.15) is 32.0 Å². The molecule has 2 N–H and O–H groups in total. The number of hydrogen-bond donors (Lipinski definition) is 1. The first-order valence-electron chi connectivity index (χ1n) is 6.74. The highest BCUT2D eigenvalue weighted by atomic mass is 127. The summed E-state index contributed by atoms with van der Waals surface area (Å²) in [6, 6.07) is 8.31. The molecule has 1 heterocycles. The number of rotatable bonds is 3. The second-order valence-electron chi connectivity index (χ2n) is 5.95. The van der Waals surface area contributed by atoms with Crippen molar-refractivity contribution in [2.75, 3.05) is 12.8 Å². The van der Waals surface area contributed by atoms with Crippen LogP contribution in [0, 0.1) is 3.57 Å². The number of anilines is 1. The lowest BCUT2D eigenvalue weighted by Crippen LogP contribution is -2.10. The summed E-state index contributed by atoms with van der Waals surface area (Å²) in [6.45, 7) is 7.01. The van der Waals surface area contributed by atoms with E-state index in [2.05, 4.69) is 65.5 Å². The van der Waals surface area contributed by atoms with Crippen LogP contribution in [0.25, 0.3) is 11.4 Å². The molecule has 1 aromatic heterocycles. The molecule has 0 saturated heterocycles. The fourth-order valence-electron chi connectivity index (χ4n) is 1.99. The molecule has 21 heavy (non-hydrogen) atoms. The average molecular weight is 397 g/mol. The minimum atomic E-state index is 0.131. The molecule has 2 rings (SSSR count). The molecule has 0 saturated carbocycles. The summed E-state index contributed by atoms with van der Waals surface area (Å²) in [5.74, 6) is 1.13. The molecule has 0 atom stereocenters. The molecule has 2 aromatic rings. The van der Waals surface area contributed by atoms with Crippen LogP contribution in [0.5, 0.6) is 0 Å². The maximum Gasteiger partial charge on any atom is 0.161 e. The van der Waals surface area contributed by atoms with Crippen molar-refractivity contribution < 1.29 is 4.74 Å². The smallest absolute Gasteiger partial charge is 0.161 e. The molecule has 1 aromatic carbocycles. The van der Waals surface area contributed by atoms with Crippen LogP contribution in [0.2, 0.25) is 0 Å². The lowest BCUT2D eigenvalue weighted by atomic mass is 9.87. The number of ether oxygens (including phenoxy) is 1. The molecule has 0 aliphatic carbocycles. The lowest BCUT2D eigenvalue weighted by molar-refractivity contribution is 0.181. The van der Waals surface area contributed by atoms with Crippen molar-refractivity contribution in [2.24, 2.45) is 0 Å². The Bertz CT molecular complexity index is 633. The van der Waals surface area contributed by atoms with Gasteiger partial charge in [0.1, 0.15) is 5.82 Å². The van der Waals surface area contributed by atoms with Gasteiger partial charge in [-0.2, -0.15) is 0 Å². The molecule has 0 bridgehead atoms. The predicted octanol–water partition coefficient (Wildman–Crippen LogP) is 3.77. The third-order valence-electron chi connectivity index (χ3n) is 3.24. The molecule has 0 fully saturated rings. The highest BCUT2D eigenvalue weighted by Gasteiger charge is 2.15. The lowest BCUT2D eigenvalue weighted by Gasteiger charge is -2.19. The van der Waals surface area contributed by atoms with Gasteiger partial charge >= 0.3 is 0 Å². The van der Waals surface area contributed by atoms with E-state index in [1.54, 1.807) is 7.11 Å². The second kappa shape index (κ2) is 6.27. The number of hydrogen-bond acceptors (Lipinski definition) is 4. The Kier molecular flexibility index (Phi) is 4.83. The summed E-state index contributed by atoms with van der Waals surface area (Å²) in [7, 11) is 1.65. The first kappa shape index (κ1) is 16.2. The number of halogens is 1. The van der Waals surface area contributed by atoms with Crippen molar-refractivity contribution in [1.82, 2.24) is 9.97 Å². The molecular weight excluding hydrogens is 377 g/mol. The van der Waals surface area contributed by atoms with Gasteiger partial charge in [-0.3, -0.25) is 0 Å². The molecule has 0 aliphatic rings. The molecule has 0 unspecified atom stereocenters. The van der Waals surface area contributed by atoms with Gasteiger partial charge in [0.15, 0.2) is 5.82 Å². The fraction of sp³-hybridized carbons (Fsp3) is 0.375. The number of nitrogen functional groups attached to an aromatic ring is 1. The van der Waals surface area contributed by atoms with Crippen LogP contribution in [0.4, 0.5) is 5.82 Å². The van der Waals surface area contributed by atoms with E-state index in [1.165, 1.54) is 5.56 Å². The van der Waals surface area contributed by atoms with Gasteiger partial charge in [-0.1, -0.05) is 45.0 Å². The molecule has 4 nitrogen and oxygen atoms in total. The quantitative estimate of drug-likeness (QED) is 0.801. The van der Waals surface area contributed by atoms with Crippen LogP contribution in [-0.2, 0) is 16.8 Å². The number of benzene rings is 1. The normalized spacial score (nSPS) is 11.7. The van der Waals surface area contributed by atoms with Crippen LogP contribution in [0.3, 0.4) is 0 Å². The van der Waals surface area contributed by atoms with E-state index in [9.17, 15) is 0 Å². The number of methoxy groups -OCH3 is 1. The van der Waals surface area contributed by atoms with E-state index < -0.39 is 0 Å². The van der Waals surface area contributed by atoms with Gasteiger partial charge in [-0.05, 0) is 33.6 Å². The fourth-order valence-corrected chi connectivity index (χ4v) is 2.39. The predicted molar refractivity (Wildman–Crippen MR) is 94.0 cm³/mol. The Morgan fingerprint density at radius 1 is 1.14 bits per heavy atom. The molecular formula is C16H20IN3O. The number of aromatic nitrogens is 2. The maximum absolute atomic E-state index is 5.97. The average Bonchev–Trinajstić information content (AvgIpc) is 2.43. The molecule has 0 amide bonds. The zero-order valence-corrected chi connectivity index (χ0v) is 14.9. The van der Waals surface area contributed by atoms with E-state index in [0.29, 0.717) is 18.2 Å². The zero-order chi connectivity index (χ0) is 15.6. The van der Waals surface area contributed by atoms with Gasteiger partial charge in [0, 0.05) is 12.7 Å². The van der Waals surface area contributed by atoms with Crippen LogP contribution >= 0.6 is 22.6 Å². The Labute approximate surface area is 139 Å². The molecule has 0 spiro atoms. The van der Waals surface area contributed by atoms with Crippen LogP contribution in [-0.4, -0.2) is 17.1 Å². The summed E-state index contributed by atoms with van der Waals surface area (Å²) in [4.78, 5) is 8.94. The zero-order valence-electron chi connectivity index (χ0n) is 12.8. The van der Waals surface area contributed by atoms with Crippen molar-refractivity contribution in [2.45, 2.75) is 32.8 Å². The highest BCUT2D eigenvalue weighted by Crippen LogP contribution is 2.26. The SMILES string of the molecule is COCc1nc(-c2ccc(C(C)(C)C)cc2)nc(N)c1I. The topological polar surface area (TPSA) is 61.0 Å². The van der Waals surface area contributed by atoms with Crippen molar-refractivity contribution in [3.05, 3.63) is 39.1 Å². The van der Waals surface area contributed by atoms with Gasteiger partial charge in [-0.15, -0.1) is 0 Å². The summed E-state index contributed by atoms with van der Waals surface area (Å²) >= 11 is 2.15. The highest BCUT2D eigenvalue weighted by molar-refractivity contribution is 14.1. The Balaban J connectivity index is 2.42. The van der Waals surface area contributed by atoms with Crippen molar-refractivity contribution in [1.29, 1.82) is 0 Å². The summed E-state index contributed by atoms with van der Waals surface area (Å²) in [5, 5.41) is 0. The van der Waals surface area contributed by atoms with E-state index in [0.717, 1.165) is 14.8 Å². The van der Waals surface area contributed by atoms with Gasteiger partial charge in [0.25, 0.3) is 0 Å². The van der Waals surface area contributed by atoms with Gasteiger partial charge in [-0.25, -0.2) is 9.97 Å². The monoisotopic (exact) mass is 397 g/mol. The van der Waals surface area contributed by atoms with Gasteiger partial charge in [0.2, 0.25) is 0 Å². The molecule has 0 aliphatic heterocycles. The van der Waals surface area contributed by atoms with Crippen LogP contribution < -0.4 is 5.73 Å².